The molecule has 1 saturated carbocycles. The molecule has 2 amide bonds. The number of carbonyl (C=O) groups excluding carboxylic acids is 1. The Balaban J connectivity index is 0.000000532. The smallest absolute Gasteiger partial charge is 0.490 e. The average Bonchev–Trinajstić information content (AvgIpc) is 3.22. The van der Waals surface area contributed by atoms with Crippen molar-refractivity contribution >= 4 is 29.3 Å². The third-order valence-corrected chi connectivity index (χ3v) is 7.74. The summed E-state index contributed by atoms with van der Waals surface area (Å²) in [5.74, 6) is -1.24. The molecule has 1 aliphatic carbocycles. The van der Waals surface area contributed by atoms with Gasteiger partial charge in [0.1, 0.15) is 0 Å². The molecule has 39 heavy (non-hydrogen) atoms. The van der Waals surface area contributed by atoms with Crippen LogP contribution in [0, 0.1) is 6.92 Å². The fourth-order valence-electron chi connectivity index (χ4n) is 5.51. The predicted molar refractivity (Wildman–Crippen MR) is 142 cm³/mol. The molecular weight excluding hydrogens is 539 g/mol. The van der Waals surface area contributed by atoms with Crippen LogP contribution in [0.2, 0.25) is 5.02 Å². The van der Waals surface area contributed by atoms with Crippen LogP contribution >= 0.6 is 11.6 Å². The van der Waals surface area contributed by atoms with E-state index in [1.54, 1.807) is 20.3 Å². The summed E-state index contributed by atoms with van der Waals surface area (Å²) in [6, 6.07) is 12.1. The predicted octanol–water partition coefficient (Wildman–Crippen LogP) is 5.62. The van der Waals surface area contributed by atoms with Gasteiger partial charge in [0.05, 0.1) is 14.2 Å². The van der Waals surface area contributed by atoms with Crippen LogP contribution in [-0.2, 0) is 10.2 Å². The van der Waals surface area contributed by atoms with Gasteiger partial charge in [-0.1, -0.05) is 17.7 Å². The van der Waals surface area contributed by atoms with Gasteiger partial charge in [-0.05, 0) is 87.7 Å². The summed E-state index contributed by atoms with van der Waals surface area (Å²) in [6.07, 6.45) is -1.11. The fraction of sp³-hybridized carbons (Fsp3) is 0.481. The summed E-state index contributed by atoms with van der Waals surface area (Å²) in [7, 11) is 5.53. The van der Waals surface area contributed by atoms with Crippen LogP contribution in [-0.4, -0.2) is 68.1 Å². The van der Waals surface area contributed by atoms with Crippen LogP contribution in [0.15, 0.2) is 36.4 Å². The monoisotopic (exact) mass is 571 g/mol. The number of hydrogen-bond donors (Lipinski definition) is 3. The second-order valence-electron chi connectivity index (χ2n) is 9.80. The third-order valence-electron chi connectivity index (χ3n) is 7.50. The Morgan fingerprint density at radius 1 is 1.10 bits per heavy atom. The summed E-state index contributed by atoms with van der Waals surface area (Å²) < 4.78 is 42.7. The lowest BCUT2D eigenvalue weighted by molar-refractivity contribution is -0.192. The first-order valence-corrected chi connectivity index (χ1v) is 12.7. The van der Waals surface area contributed by atoms with Crippen molar-refractivity contribution in [1.29, 1.82) is 0 Å². The minimum Gasteiger partial charge on any atom is -0.493 e. The van der Waals surface area contributed by atoms with Gasteiger partial charge >= 0.3 is 18.2 Å². The number of nitrogens with zero attached hydrogens (tertiary/aromatic N) is 1. The number of fused-ring (bicyclic) bond motifs is 1. The molecule has 2 fully saturated rings. The van der Waals surface area contributed by atoms with Crippen molar-refractivity contribution in [1.82, 2.24) is 10.2 Å². The van der Waals surface area contributed by atoms with Gasteiger partial charge in [0.15, 0.2) is 11.5 Å². The highest BCUT2D eigenvalue weighted by Crippen LogP contribution is 2.49. The van der Waals surface area contributed by atoms with E-state index in [4.69, 9.17) is 31.0 Å². The first-order valence-electron chi connectivity index (χ1n) is 12.4. The molecular formula is C27H33ClF3N3O5. The number of methoxy groups -OCH3 is 2. The van der Waals surface area contributed by atoms with Crippen molar-refractivity contribution in [3.63, 3.8) is 0 Å². The van der Waals surface area contributed by atoms with E-state index >= 15 is 0 Å². The van der Waals surface area contributed by atoms with Gasteiger partial charge in [-0.15, -0.1) is 0 Å². The first-order chi connectivity index (χ1) is 18.3. The second kappa shape index (κ2) is 12.3. The maximum absolute atomic E-state index is 12.7. The number of alkyl halides is 3. The van der Waals surface area contributed by atoms with Crippen LogP contribution in [0.5, 0.6) is 11.5 Å². The average molecular weight is 572 g/mol. The number of ether oxygens (including phenoxy) is 2. The van der Waals surface area contributed by atoms with Gasteiger partial charge in [-0.25, -0.2) is 9.59 Å². The Morgan fingerprint density at radius 3 is 2.36 bits per heavy atom. The molecule has 3 N–H and O–H groups in total. The molecule has 2 aromatic carbocycles. The molecule has 0 spiro atoms. The zero-order valence-electron chi connectivity index (χ0n) is 22.2. The SMILES string of the molecule is COc1ccc(C23CCC(NC(=O)Nc4ccc(Cl)cc4C)CC2N(C)CC3)cc1OC.O=C(O)C(F)(F)F. The number of amides is 2. The highest BCUT2D eigenvalue weighted by Gasteiger charge is 2.50. The minimum atomic E-state index is -5.08. The van der Waals surface area contributed by atoms with Crippen molar-refractivity contribution < 1.29 is 37.3 Å². The Morgan fingerprint density at radius 2 is 1.77 bits per heavy atom. The number of hydrogen-bond acceptors (Lipinski definition) is 5. The van der Waals surface area contributed by atoms with Gasteiger partial charge in [-0.3, -0.25) is 0 Å². The van der Waals surface area contributed by atoms with E-state index in [0.717, 1.165) is 55.0 Å². The molecule has 0 aromatic heterocycles. The second-order valence-corrected chi connectivity index (χ2v) is 10.2. The molecule has 214 valence electrons. The lowest BCUT2D eigenvalue weighted by atomic mass is 9.65. The molecule has 3 atom stereocenters. The van der Waals surface area contributed by atoms with E-state index in [1.165, 1.54) is 5.56 Å². The lowest BCUT2D eigenvalue weighted by Gasteiger charge is -2.45. The Labute approximate surface area is 230 Å². The number of anilines is 1. The molecule has 1 heterocycles. The third kappa shape index (κ3) is 7.07. The number of benzene rings is 2. The van der Waals surface area contributed by atoms with Gasteiger partial charge in [-0.2, -0.15) is 13.2 Å². The van der Waals surface area contributed by atoms with E-state index in [2.05, 4.69) is 34.7 Å². The molecule has 4 rings (SSSR count). The number of halogens is 4. The summed E-state index contributed by atoms with van der Waals surface area (Å²) in [6.45, 7) is 2.98. The topological polar surface area (TPSA) is 100 Å². The maximum atomic E-state index is 12.7. The number of carbonyl (C=O) groups is 2. The van der Waals surface area contributed by atoms with Crippen molar-refractivity contribution in [3.05, 3.63) is 52.5 Å². The molecule has 2 aliphatic rings. The fourth-order valence-corrected chi connectivity index (χ4v) is 5.73. The van der Waals surface area contributed by atoms with Gasteiger partial charge in [0.2, 0.25) is 0 Å². The van der Waals surface area contributed by atoms with Crippen molar-refractivity contribution in [2.75, 3.05) is 33.1 Å². The highest BCUT2D eigenvalue weighted by molar-refractivity contribution is 6.30. The molecule has 12 heteroatoms. The minimum absolute atomic E-state index is 0.0652. The molecule has 3 unspecified atom stereocenters. The lowest BCUT2D eigenvalue weighted by Crippen LogP contribution is -2.52. The van der Waals surface area contributed by atoms with Crippen LogP contribution in [0.3, 0.4) is 0 Å². The van der Waals surface area contributed by atoms with Gasteiger partial charge < -0.3 is 30.1 Å². The van der Waals surface area contributed by atoms with Crippen LogP contribution < -0.4 is 20.1 Å². The van der Waals surface area contributed by atoms with E-state index in [9.17, 15) is 18.0 Å². The summed E-state index contributed by atoms with van der Waals surface area (Å²) in [5.41, 5.74) is 3.08. The number of aliphatic carboxylic acids is 1. The zero-order chi connectivity index (χ0) is 29.0. The number of aryl methyl sites for hydroxylation is 1. The number of nitrogens with one attached hydrogen (secondary N) is 2. The molecule has 1 saturated heterocycles. The van der Waals surface area contributed by atoms with Crippen LogP contribution in [0.4, 0.5) is 23.7 Å². The standard InChI is InChI=1S/C25H32ClN3O3.C2HF3O2/c1-16-13-18(26)6-7-20(16)28-24(30)27-19-9-10-25(11-12-29(2)23(25)15-19)17-5-8-21(31-3)22(14-17)32-4;3-2(4,5)1(6)7/h5-8,13-14,19,23H,9-12,15H2,1-4H3,(H2,27,28,30);(H,6,7). The molecule has 2 aromatic rings. The van der Waals surface area contributed by atoms with E-state index in [1.807, 2.05) is 25.1 Å². The Bertz CT molecular complexity index is 1200. The number of rotatable bonds is 5. The zero-order valence-corrected chi connectivity index (χ0v) is 22.9. The molecule has 0 bridgehead atoms. The number of likely N-dealkylation sites (tertiary alicyclic amines) is 1. The van der Waals surface area contributed by atoms with Crippen molar-refractivity contribution in [2.45, 2.75) is 56.3 Å². The number of urea groups is 1. The van der Waals surface area contributed by atoms with Crippen LogP contribution in [0.25, 0.3) is 0 Å². The first kappa shape index (κ1) is 30.4. The highest BCUT2D eigenvalue weighted by atomic mass is 35.5. The summed E-state index contributed by atoms with van der Waals surface area (Å²) in [5, 5.41) is 14.0. The normalized spacial score (nSPS) is 22.7. The largest absolute Gasteiger partial charge is 0.493 e. The molecule has 1 aliphatic heterocycles. The number of carboxylic acid groups (broad SMARTS) is 1. The number of likely N-dealkylation sites (N-methyl/N-ethyl adjacent to an activating group) is 1. The Kier molecular flexibility index (Phi) is 9.60. The van der Waals surface area contributed by atoms with Crippen molar-refractivity contribution in [2.24, 2.45) is 0 Å². The van der Waals surface area contributed by atoms with E-state index in [-0.39, 0.29) is 17.5 Å². The van der Waals surface area contributed by atoms with Gasteiger partial charge in [0, 0.05) is 28.2 Å². The van der Waals surface area contributed by atoms with Crippen molar-refractivity contribution in [3.8, 4) is 11.5 Å². The molecule has 0 radical (unpaired) electrons. The molecule has 8 nitrogen and oxygen atoms in total. The Hall–Kier alpha value is -3.18. The maximum Gasteiger partial charge on any atom is 0.490 e. The van der Waals surface area contributed by atoms with Crippen LogP contribution in [0.1, 0.15) is 36.8 Å². The van der Waals surface area contributed by atoms with E-state index < -0.39 is 12.1 Å². The van der Waals surface area contributed by atoms with Gasteiger partial charge in [0.25, 0.3) is 0 Å². The number of carboxylic acids is 1. The summed E-state index contributed by atoms with van der Waals surface area (Å²) in [4.78, 5) is 24.0. The van der Waals surface area contributed by atoms with E-state index in [0.29, 0.717) is 11.1 Å². The quantitative estimate of drug-likeness (QED) is 0.431. The summed E-state index contributed by atoms with van der Waals surface area (Å²) >= 11 is 6.03.